The molecule has 1 aromatic heterocycles. The smallest absolute Gasteiger partial charge is 0.325 e. The van der Waals surface area contributed by atoms with Crippen molar-refractivity contribution in [3.8, 4) is 0 Å². The van der Waals surface area contributed by atoms with Gasteiger partial charge in [-0.1, -0.05) is 0 Å². The lowest BCUT2D eigenvalue weighted by Crippen LogP contribution is -2.59. The van der Waals surface area contributed by atoms with Gasteiger partial charge in [-0.05, 0) is 12.8 Å². The molecule has 152 valence electrons. The minimum absolute atomic E-state index is 0.0517. The summed E-state index contributed by atoms with van der Waals surface area (Å²) in [4.78, 5) is 72.8. The lowest BCUT2D eigenvalue weighted by Gasteiger charge is -2.37. The van der Waals surface area contributed by atoms with E-state index in [1.807, 2.05) is 4.98 Å². The van der Waals surface area contributed by atoms with Crippen LogP contribution >= 0.6 is 11.8 Å². The van der Waals surface area contributed by atoms with Crippen molar-refractivity contribution in [1.29, 1.82) is 0 Å². The average molecular weight is 412 g/mol. The van der Waals surface area contributed by atoms with Crippen LogP contribution in [0.5, 0.6) is 0 Å². The molecule has 28 heavy (non-hydrogen) atoms. The van der Waals surface area contributed by atoms with Gasteiger partial charge in [0.25, 0.3) is 11.5 Å². The quantitative estimate of drug-likeness (QED) is 0.245. The Morgan fingerprint density at radius 3 is 2.29 bits per heavy atom. The molecule has 0 unspecified atom stereocenters. The Morgan fingerprint density at radius 2 is 1.71 bits per heavy atom. The number of nitrogens with two attached hydrogens (primary N) is 1. The Bertz CT molecular complexity index is 880. The molecule has 0 aromatic carbocycles. The third-order valence-corrected chi connectivity index (χ3v) is 4.87. The molecule has 1 aliphatic rings. The van der Waals surface area contributed by atoms with Gasteiger partial charge in [0.1, 0.15) is 5.56 Å². The predicted molar refractivity (Wildman–Crippen MR) is 99.6 cm³/mol. The fraction of sp³-hybridized carbons (Fsp3) is 0.467. The van der Waals surface area contributed by atoms with Crippen LogP contribution in [-0.4, -0.2) is 63.7 Å². The van der Waals surface area contributed by atoms with Crippen LogP contribution in [0.4, 0.5) is 0 Å². The Morgan fingerprint density at radius 1 is 1.07 bits per heavy atom. The molecule has 2 rings (SSSR count). The van der Waals surface area contributed by atoms with E-state index in [1.54, 1.807) is 0 Å². The summed E-state index contributed by atoms with van der Waals surface area (Å²) in [5, 5.41) is 7.72. The van der Waals surface area contributed by atoms with Crippen LogP contribution in [0.25, 0.3) is 0 Å². The minimum atomic E-state index is -0.863. The second-order valence-corrected chi connectivity index (χ2v) is 7.04. The van der Waals surface area contributed by atoms with E-state index < -0.39 is 29.0 Å². The van der Waals surface area contributed by atoms with Gasteiger partial charge in [-0.3, -0.25) is 29.0 Å². The topological polar surface area (TPSA) is 196 Å². The molecule has 7 N–H and O–H groups in total. The maximum Gasteiger partial charge on any atom is 0.325 e. The van der Waals surface area contributed by atoms with E-state index in [0.29, 0.717) is 12.8 Å². The second-order valence-electron chi connectivity index (χ2n) is 6.05. The summed E-state index contributed by atoms with van der Waals surface area (Å²) in [6.07, 6.45) is 2.32. The third kappa shape index (κ3) is 6.26. The second kappa shape index (κ2) is 9.73. The number of rotatable bonds is 9. The van der Waals surface area contributed by atoms with E-state index in [1.165, 1.54) is 0 Å². The molecule has 1 aliphatic carbocycles. The Kier molecular flexibility index (Phi) is 7.37. The summed E-state index contributed by atoms with van der Waals surface area (Å²) in [6.45, 7) is -0.372. The molecule has 1 saturated carbocycles. The molecule has 1 aromatic rings. The van der Waals surface area contributed by atoms with Crippen LogP contribution in [0.15, 0.2) is 15.8 Å². The molecule has 2 atom stereocenters. The van der Waals surface area contributed by atoms with Gasteiger partial charge < -0.3 is 26.7 Å². The number of nitrogens with one attached hydrogen (secondary N) is 5. The van der Waals surface area contributed by atoms with E-state index in [0.717, 1.165) is 18.0 Å². The molecule has 0 spiro atoms. The summed E-state index contributed by atoms with van der Waals surface area (Å²) in [5.41, 5.74) is 3.06. The van der Waals surface area contributed by atoms with Crippen LogP contribution in [0.1, 0.15) is 23.2 Å². The molecule has 0 saturated heterocycles. The van der Waals surface area contributed by atoms with Crippen LogP contribution in [0.2, 0.25) is 0 Å². The molecule has 1 heterocycles. The van der Waals surface area contributed by atoms with Crippen LogP contribution in [-0.2, 0) is 14.4 Å². The highest BCUT2D eigenvalue weighted by atomic mass is 32.2. The number of H-pyrrole nitrogens is 2. The predicted octanol–water partition coefficient (Wildman–Crippen LogP) is -3.23. The number of primary amides is 1. The zero-order valence-electron chi connectivity index (χ0n) is 14.7. The summed E-state index contributed by atoms with van der Waals surface area (Å²) < 4.78 is 0. The molecule has 4 amide bonds. The number of aromatic nitrogens is 2. The van der Waals surface area contributed by atoms with Crippen LogP contribution in [0.3, 0.4) is 0 Å². The van der Waals surface area contributed by atoms with Gasteiger partial charge in [0, 0.05) is 18.3 Å². The number of thioether (sulfide) groups is 1. The fourth-order valence-corrected chi connectivity index (χ4v) is 3.00. The molecule has 1 fully saturated rings. The first-order chi connectivity index (χ1) is 13.3. The number of amides is 4. The van der Waals surface area contributed by atoms with Crippen molar-refractivity contribution in [2.24, 2.45) is 5.73 Å². The molecule has 0 bridgehead atoms. The van der Waals surface area contributed by atoms with Gasteiger partial charge in [-0.25, -0.2) is 4.79 Å². The summed E-state index contributed by atoms with van der Waals surface area (Å²) in [6, 6.07) is -0.505. The van der Waals surface area contributed by atoms with Gasteiger partial charge in [-0.15, -0.1) is 11.8 Å². The lowest BCUT2D eigenvalue weighted by atomic mass is 9.86. The summed E-state index contributed by atoms with van der Waals surface area (Å²) in [5.74, 6) is -1.92. The Labute approximate surface area is 162 Å². The van der Waals surface area contributed by atoms with Crippen LogP contribution in [0, 0.1) is 0 Å². The number of carbonyl (C=O) groups is 4. The SMILES string of the molecule is NC(=O)CSCC(=O)N[C@@H]1CC[C@@H]1NC(=O)CNC(=O)c1c[nH]c(=O)[nH]c1=O. The third-order valence-electron chi connectivity index (χ3n) is 3.92. The van der Waals surface area contributed by atoms with Gasteiger partial charge in [0.15, 0.2) is 0 Å². The minimum Gasteiger partial charge on any atom is -0.369 e. The number of carbonyl (C=O) groups excluding carboxylic acids is 4. The van der Waals surface area contributed by atoms with Crippen molar-refractivity contribution in [1.82, 2.24) is 25.9 Å². The number of hydrogen-bond donors (Lipinski definition) is 6. The standard InChI is InChI=1S/C15H20N6O6S/c16-10(22)5-28-6-12(24)20-9-2-1-8(9)19-11(23)4-17-13(25)7-3-18-15(27)21-14(7)26/h3,8-9H,1-2,4-6H2,(H2,16,22)(H,17,25)(H,19,23)(H,20,24)(H2,18,21,26,27)/t8-,9+/m0/s1. The van der Waals surface area contributed by atoms with Gasteiger partial charge in [0.2, 0.25) is 17.7 Å². The van der Waals surface area contributed by atoms with Crippen molar-refractivity contribution in [2.75, 3.05) is 18.1 Å². The first-order valence-electron chi connectivity index (χ1n) is 8.31. The van der Waals surface area contributed by atoms with Gasteiger partial charge in [-0.2, -0.15) is 0 Å². The maximum atomic E-state index is 12.0. The highest BCUT2D eigenvalue weighted by molar-refractivity contribution is 8.00. The molecule has 0 radical (unpaired) electrons. The van der Waals surface area contributed by atoms with Crippen molar-refractivity contribution in [3.63, 3.8) is 0 Å². The molecular weight excluding hydrogens is 392 g/mol. The monoisotopic (exact) mass is 412 g/mol. The Hall–Kier alpha value is -3.09. The first-order valence-corrected chi connectivity index (χ1v) is 9.46. The lowest BCUT2D eigenvalue weighted by molar-refractivity contribution is -0.124. The van der Waals surface area contributed by atoms with Gasteiger partial charge in [0.05, 0.1) is 18.1 Å². The van der Waals surface area contributed by atoms with Crippen molar-refractivity contribution in [2.45, 2.75) is 24.9 Å². The molecule has 0 aliphatic heterocycles. The first kappa shape index (κ1) is 21.2. The van der Waals surface area contributed by atoms with E-state index in [4.69, 9.17) is 5.73 Å². The van der Waals surface area contributed by atoms with E-state index in [9.17, 15) is 28.8 Å². The normalized spacial score (nSPS) is 17.9. The molecule has 13 heteroatoms. The summed E-state index contributed by atoms with van der Waals surface area (Å²) >= 11 is 1.10. The molecular formula is C15H20N6O6S. The summed E-state index contributed by atoms with van der Waals surface area (Å²) in [7, 11) is 0. The van der Waals surface area contributed by atoms with E-state index in [2.05, 4.69) is 20.9 Å². The number of hydrogen-bond acceptors (Lipinski definition) is 7. The van der Waals surface area contributed by atoms with Crippen molar-refractivity contribution < 1.29 is 19.2 Å². The van der Waals surface area contributed by atoms with Crippen molar-refractivity contribution in [3.05, 3.63) is 32.6 Å². The van der Waals surface area contributed by atoms with Crippen LogP contribution < -0.4 is 32.9 Å². The van der Waals surface area contributed by atoms with E-state index >= 15 is 0 Å². The zero-order chi connectivity index (χ0) is 20.7. The zero-order valence-corrected chi connectivity index (χ0v) is 15.5. The fourth-order valence-electron chi connectivity index (χ4n) is 2.43. The average Bonchev–Trinajstić information content (AvgIpc) is 2.61. The largest absolute Gasteiger partial charge is 0.369 e. The van der Waals surface area contributed by atoms with E-state index in [-0.39, 0.29) is 41.6 Å². The van der Waals surface area contributed by atoms with Crippen molar-refractivity contribution >= 4 is 35.4 Å². The molecule has 12 nitrogen and oxygen atoms in total. The highest BCUT2D eigenvalue weighted by Crippen LogP contribution is 2.20. The maximum absolute atomic E-state index is 12.0. The number of aromatic amines is 2. The van der Waals surface area contributed by atoms with Gasteiger partial charge >= 0.3 is 5.69 Å². The Balaban J connectivity index is 1.73. The highest BCUT2D eigenvalue weighted by Gasteiger charge is 2.33.